The first-order chi connectivity index (χ1) is 14.7. The minimum absolute atomic E-state index is 0.0282. The van der Waals surface area contributed by atoms with Crippen LogP contribution in [-0.2, 0) is 22.7 Å². The molecule has 3 rings (SSSR count). The molecule has 1 aliphatic rings. The van der Waals surface area contributed by atoms with E-state index in [0.29, 0.717) is 37.4 Å². The summed E-state index contributed by atoms with van der Waals surface area (Å²) in [5.41, 5.74) is 2.52. The maximum atomic E-state index is 13.1. The quantitative estimate of drug-likeness (QED) is 0.725. The third kappa shape index (κ3) is 6.00. The molecule has 0 unspecified atom stereocenters. The molecule has 0 radical (unpaired) electrons. The molecule has 0 saturated heterocycles. The molecule has 0 bridgehead atoms. The molecule has 0 aliphatic carbocycles. The van der Waals surface area contributed by atoms with Gasteiger partial charge in [0, 0.05) is 30.8 Å². The summed E-state index contributed by atoms with van der Waals surface area (Å²) in [5, 5.41) is 2.97. The Labute approximate surface area is 184 Å². The number of carbonyl (C=O) groups is 2. The van der Waals surface area contributed by atoms with E-state index in [4.69, 9.17) is 9.47 Å². The highest BCUT2D eigenvalue weighted by Crippen LogP contribution is 2.31. The largest absolute Gasteiger partial charge is 0.497 e. The Morgan fingerprint density at radius 3 is 2.52 bits per heavy atom. The van der Waals surface area contributed by atoms with Gasteiger partial charge in [0.1, 0.15) is 11.5 Å². The fraction of sp³-hybridized carbons (Fsp3) is 0.440. The summed E-state index contributed by atoms with van der Waals surface area (Å²) in [7, 11) is 1.63. The Bertz CT molecular complexity index is 932. The molecule has 1 heterocycles. The lowest BCUT2D eigenvalue weighted by Gasteiger charge is -2.23. The molecule has 0 aromatic heterocycles. The molecular formula is C25H32N2O4. The van der Waals surface area contributed by atoms with Gasteiger partial charge in [-0.2, -0.15) is 0 Å². The number of nitrogens with zero attached hydrogens (tertiary/aromatic N) is 1. The van der Waals surface area contributed by atoms with Crippen LogP contribution in [0.5, 0.6) is 11.5 Å². The fourth-order valence-corrected chi connectivity index (χ4v) is 3.62. The molecule has 6 heteroatoms. The van der Waals surface area contributed by atoms with Crippen molar-refractivity contribution in [2.24, 2.45) is 5.41 Å². The van der Waals surface area contributed by atoms with E-state index in [-0.39, 0.29) is 17.2 Å². The first-order valence-electron chi connectivity index (χ1n) is 10.7. The van der Waals surface area contributed by atoms with E-state index in [1.165, 1.54) is 0 Å². The third-order valence-electron chi connectivity index (χ3n) is 5.16. The van der Waals surface area contributed by atoms with Crippen LogP contribution >= 0.6 is 0 Å². The molecule has 0 saturated carbocycles. The van der Waals surface area contributed by atoms with E-state index in [0.717, 1.165) is 16.9 Å². The highest BCUT2D eigenvalue weighted by molar-refractivity contribution is 5.91. The lowest BCUT2D eigenvalue weighted by atomic mass is 9.92. The summed E-state index contributed by atoms with van der Waals surface area (Å²) >= 11 is 0. The number of benzene rings is 2. The van der Waals surface area contributed by atoms with E-state index in [1.54, 1.807) is 7.11 Å². The monoisotopic (exact) mass is 424 g/mol. The van der Waals surface area contributed by atoms with Gasteiger partial charge in [0.05, 0.1) is 7.11 Å². The summed E-state index contributed by atoms with van der Waals surface area (Å²) in [5.74, 6) is 1.40. The second-order valence-corrected chi connectivity index (χ2v) is 9.17. The van der Waals surface area contributed by atoms with Crippen LogP contribution in [-0.4, -0.2) is 29.9 Å². The Morgan fingerprint density at radius 2 is 1.90 bits per heavy atom. The van der Waals surface area contributed by atoms with Gasteiger partial charge < -0.3 is 19.7 Å². The van der Waals surface area contributed by atoms with E-state index >= 15 is 0 Å². The topological polar surface area (TPSA) is 67.9 Å². The third-order valence-corrected chi connectivity index (χ3v) is 5.16. The smallest absolute Gasteiger partial charge is 0.264 e. The summed E-state index contributed by atoms with van der Waals surface area (Å²) in [6, 6.07) is 13.3. The Morgan fingerprint density at radius 1 is 1.19 bits per heavy atom. The number of nitrogens with one attached hydrogen (secondary N) is 1. The Kier molecular flexibility index (Phi) is 6.88. The predicted molar refractivity (Wildman–Crippen MR) is 121 cm³/mol. The zero-order valence-electron chi connectivity index (χ0n) is 19.0. The maximum Gasteiger partial charge on any atom is 0.264 e. The van der Waals surface area contributed by atoms with Crippen LogP contribution in [0.1, 0.15) is 51.7 Å². The molecule has 0 spiro atoms. The SMILES string of the molecule is CC[C@@H]1Oc2ccc(NC(=O)CC(C)(C)C)cc2CN(Cc2ccc(OC)cc2)C1=O. The number of anilines is 1. The lowest BCUT2D eigenvalue weighted by molar-refractivity contribution is -0.139. The van der Waals surface area contributed by atoms with Crippen molar-refractivity contribution in [3.63, 3.8) is 0 Å². The Hall–Kier alpha value is -3.02. The number of hydrogen-bond acceptors (Lipinski definition) is 4. The second kappa shape index (κ2) is 9.41. The molecule has 31 heavy (non-hydrogen) atoms. The number of amides is 2. The first kappa shape index (κ1) is 22.7. The van der Waals surface area contributed by atoms with E-state index in [1.807, 2.05) is 75.1 Å². The van der Waals surface area contributed by atoms with Gasteiger partial charge in [-0.3, -0.25) is 9.59 Å². The van der Waals surface area contributed by atoms with Crippen LogP contribution in [0.3, 0.4) is 0 Å². The minimum atomic E-state index is -0.527. The summed E-state index contributed by atoms with van der Waals surface area (Å²) in [6.07, 6.45) is 0.489. The van der Waals surface area contributed by atoms with Gasteiger partial charge in [0.2, 0.25) is 5.91 Å². The summed E-state index contributed by atoms with van der Waals surface area (Å²) in [6.45, 7) is 8.93. The van der Waals surface area contributed by atoms with Crippen LogP contribution in [0.2, 0.25) is 0 Å². The number of carbonyl (C=O) groups excluding carboxylic acids is 2. The zero-order chi connectivity index (χ0) is 22.6. The summed E-state index contributed by atoms with van der Waals surface area (Å²) < 4.78 is 11.3. The van der Waals surface area contributed by atoms with Gasteiger partial charge in [0.15, 0.2) is 6.10 Å². The molecule has 6 nitrogen and oxygen atoms in total. The van der Waals surface area contributed by atoms with Crippen molar-refractivity contribution >= 4 is 17.5 Å². The molecule has 166 valence electrons. The molecule has 0 fully saturated rings. The van der Waals surface area contributed by atoms with Crippen LogP contribution in [0, 0.1) is 5.41 Å². The van der Waals surface area contributed by atoms with Crippen molar-refractivity contribution in [1.82, 2.24) is 4.90 Å². The van der Waals surface area contributed by atoms with Crippen LogP contribution < -0.4 is 14.8 Å². The molecule has 1 aliphatic heterocycles. The van der Waals surface area contributed by atoms with Gasteiger partial charge in [-0.15, -0.1) is 0 Å². The highest BCUT2D eigenvalue weighted by Gasteiger charge is 2.30. The van der Waals surface area contributed by atoms with Crippen LogP contribution in [0.25, 0.3) is 0 Å². The number of rotatable bonds is 6. The number of hydrogen-bond donors (Lipinski definition) is 1. The van der Waals surface area contributed by atoms with Gasteiger partial charge in [0.25, 0.3) is 5.91 Å². The Balaban J connectivity index is 1.82. The van der Waals surface area contributed by atoms with Gasteiger partial charge in [-0.25, -0.2) is 0 Å². The van der Waals surface area contributed by atoms with Crippen molar-refractivity contribution < 1.29 is 19.1 Å². The molecule has 1 atom stereocenters. The molecule has 2 aromatic rings. The van der Waals surface area contributed by atoms with Crippen molar-refractivity contribution in [3.05, 3.63) is 53.6 Å². The summed E-state index contributed by atoms with van der Waals surface area (Å²) in [4.78, 5) is 27.3. The molecule has 2 amide bonds. The van der Waals surface area contributed by atoms with Crippen LogP contribution in [0.15, 0.2) is 42.5 Å². The fourth-order valence-electron chi connectivity index (χ4n) is 3.62. The van der Waals surface area contributed by atoms with Gasteiger partial charge in [-0.1, -0.05) is 39.8 Å². The lowest BCUT2D eigenvalue weighted by Crippen LogP contribution is -2.38. The van der Waals surface area contributed by atoms with E-state index in [2.05, 4.69) is 5.32 Å². The predicted octanol–water partition coefficient (Wildman–Crippen LogP) is 4.77. The van der Waals surface area contributed by atoms with Gasteiger partial charge >= 0.3 is 0 Å². The zero-order valence-corrected chi connectivity index (χ0v) is 19.0. The first-order valence-corrected chi connectivity index (χ1v) is 10.7. The molecule has 2 aromatic carbocycles. The maximum absolute atomic E-state index is 13.1. The van der Waals surface area contributed by atoms with Crippen LogP contribution in [0.4, 0.5) is 5.69 Å². The van der Waals surface area contributed by atoms with E-state index in [9.17, 15) is 9.59 Å². The highest BCUT2D eigenvalue weighted by atomic mass is 16.5. The van der Waals surface area contributed by atoms with Gasteiger partial charge in [-0.05, 0) is 47.7 Å². The normalized spacial score (nSPS) is 16.2. The second-order valence-electron chi connectivity index (χ2n) is 9.17. The van der Waals surface area contributed by atoms with Crippen molar-refractivity contribution in [1.29, 1.82) is 0 Å². The van der Waals surface area contributed by atoms with Crippen molar-refractivity contribution in [2.75, 3.05) is 12.4 Å². The average molecular weight is 425 g/mol. The number of fused-ring (bicyclic) bond motifs is 1. The number of ether oxygens (including phenoxy) is 2. The van der Waals surface area contributed by atoms with E-state index < -0.39 is 6.10 Å². The average Bonchev–Trinajstić information content (AvgIpc) is 2.83. The molecular weight excluding hydrogens is 392 g/mol. The minimum Gasteiger partial charge on any atom is -0.497 e. The standard InChI is InChI=1S/C25H32N2O4/c1-6-21-24(29)27(15-17-7-10-20(30-5)11-8-17)16-18-13-19(9-12-22(18)31-21)26-23(28)14-25(2,3)4/h7-13,21H,6,14-16H2,1-5H3,(H,26,28)/t21-/m0/s1. The van der Waals surface area contributed by atoms with Crippen molar-refractivity contribution in [3.8, 4) is 11.5 Å². The van der Waals surface area contributed by atoms with Crippen molar-refractivity contribution in [2.45, 2.75) is 59.7 Å². The molecule has 1 N–H and O–H groups in total. The number of methoxy groups -OCH3 is 1.